The van der Waals surface area contributed by atoms with Gasteiger partial charge in [0.1, 0.15) is 11.5 Å². The standard InChI is InChI=1S/C33H32N6O3/c40-24-26-17-25(18-38(19-27-9-1-5-13-34-27)20-28-10-2-6-14-35-28)32(41)31(33(26)42)23-39(21-29-11-3-7-15-36-29)22-30-12-4-8-16-37-30/h1-17,24,41-42H,18-23H2. The quantitative estimate of drug-likeness (QED) is 0.194. The Bertz CT molecular complexity index is 1490. The van der Waals surface area contributed by atoms with Crippen LogP contribution in [0.4, 0.5) is 0 Å². The average molecular weight is 561 g/mol. The number of carbonyl (C=O) groups excluding carboxylic acids is 1. The fourth-order valence-electron chi connectivity index (χ4n) is 4.85. The molecular formula is C33H32N6O3. The summed E-state index contributed by atoms with van der Waals surface area (Å²) >= 11 is 0. The van der Waals surface area contributed by atoms with Crippen molar-refractivity contribution in [1.82, 2.24) is 29.7 Å². The van der Waals surface area contributed by atoms with Gasteiger partial charge in [0.05, 0.1) is 33.9 Å². The van der Waals surface area contributed by atoms with Crippen molar-refractivity contribution in [3.8, 4) is 11.5 Å². The lowest BCUT2D eigenvalue weighted by Crippen LogP contribution is -2.25. The fraction of sp³-hybridized carbons (Fsp3) is 0.182. The topological polar surface area (TPSA) is 116 Å². The van der Waals surface area contributed by atoms with E-state index in [2.05, 4.69) is 24.8 Å². The number of carbonyl (C=O) groups is 1. The van der Waals surface area contributed by atoms with Crippen LogP contribution in [0.3, 0.4) is 0 Å². The van der Waals surface area contributed by atoms with Gasteiger partial charge in [0.15, 0.2) is 6.29 Å². The van der Waals surface area contributed by atoms with Crippen molar-refractivity contribution in [1.29, 1.82) is 0 Å². The highest BCUT2D eigenvalue weighted by Gasteiger charge is 2.22. The molecule has 4 aromatic heterocycles. The summed E-state index contributed by atoms with van der Waals surface area (Å²) in [5, 5.41) is 22.7. The van der Waals surface area contributed by atoms with Gasteiger partial charge in [-0.1, -0.05) is 24.3 Å². The van der Waals surface area contributed by atoms with E-state index in [1.807, 2.05) is 77.7 Å². The van der Waals surface area contributed by atoms with E-state index in [0.717, 1.165) is 22.8 Å². The molecule has 0 bridgehead atoms. The molecule has 2 N–H and O–H groups in total. The third-order valence-corrected chi connectivity index (χ3v) is 6.83. The van der Waals surface area contributed by atoms with E-state index in [-0.39, 0.29) is 29.2 Å². The molecule has 0 unspecified atom stereocenters. The second kappa shape index (κ2) is 14.1. The number of pyridine rings is 4. The summed E-state index contributed by atoms with van der Waals surface area (Å²) in [6.07, 6.45) is 7.56. The normalized spacial score (nSPS) is 11.2. The molecule has 212 valence electrons. The first kappa shape index (κ1) is 28.5. The number of hydrogen-bond donors (Lipinski definition) is 2. The van der Waals surface area contributed by atoms with Gasteiger partial charge in [0, 0.05) is 69.6 Å². The van der Waals surface area contributed by atoms with Gasteiger partial charge in [0.2, 0.25) is 0 Å². The second-order valence-electron chi connectivity index (χ2n) is 9.99. The predicted octanol–water partition coefficient (Wildman–Crippen LogP) is 4.90. The predicted molar refractivity (Wildman–Crippen MR) is 158 cm³/mol. The number of aromatic hydroxyl groups is 2. The lowest BCUT2D eigenvalue weighted by molar-refractivity contribution is 0.112. The van der Waals surface area contributed by atoms with Crippen molar-refractivity contribution in [2.24, 2.45) is 0 Å². The van der Waals surface area contributed by atoms with Crippen molar-refractivity contribution in [3.05, 3.63) is 143 Å². The molecule has 0 aliphatic heterocycles. The highest BCUT2D eigenvalue weighted by molar-refractivity contribution is 5.81. The molecule has 0 spiro atoms. The Balaban J connectivity index is 1.47. The molecule has 0 aliphatic carbocycles. The van der Waals surface area contributed by atoms with Crippen LogP contribution in [0.1, 0.15) is 44.3 Å². The summed E-state index contributed by atoms with van der Waals surface area (Å²) in [7, 11) is 0. The highest BCUT2D eigenvalue weighted by atomic mass is 16.3. The van der Waals surface area contributed by atoms with Crippen molar-refractivity contribution in [2.45, 2.75) is 39.3 Å². The van der Waals surface area contributed by atoms with Crippen LogP contribution in [0.5, 0.6) is 11.5 Å². The molecule has 0 saturated heterocycles. The van der Waals surface area contributed by atoms with E-state index in [1.54, 1.807) is 30.9 Å². The molecule has 0 fully saturated rings. The molecule has 0 atom stereocenters. The summed E-state index contributed by atoms with van der Waals surface area (Å²) in [5.74, 6) is -0.295. The molecule has 5 aromatic rings. The Kier molecular flexibility index (Phi) is 9.56. The Morgan fingerprint density at radius 2 is 0.952 bits per heavy atom. The number of aromatic nitrogens is 4. The highest BCUT2D eigenvalue weighted by Crippen LogP contribution is 2.36. The van der Waals surface area contributed by atoms with Gasteiger partial charge in [-0.3, -0.25) is 34.5 Å². The summed E-state index contributed by atoms with van der Waals surface area (Å²) in [6, 6.07) is 24.4. The lowest BCUT2D eigenvalue weighted by Gasteiger charge is -2.26. The molecule has 42 heavy (non-hydrogen) atoms. The molecule has 5 rings (SSSR count). The van der Waals surface area contributed by atoms with E-state index >= 15 is 0 Å². The molecule has 0 aliphatic rings. The lowest BCUT2D eigenvalue weighted by atomic mass is 10.0. The number of phenolic OH excluding ortho intramolecular Hbond substituents is 2. The van der Waals surface area contributed by atoms with Crippen LogP contribution in [-0.2, 0) is 39.3 Å². The zero-order valence-electron chi connectivity index (χ0n) is 23.1. The van der Waals surface area contributed by atoms with E-state index in [9.17, 15) is 15.0 Å². The monoisotopic (exact) mass is 560 g/mol. The maximum Gasteiger partial charge on any atom is 0.153 e. The van der Waals surface area contributed by atoms with E-state index < -0.39 is 0 Å². The molecule has 0 amide bonds. The molecule has 4 heterocycles. The van der Waals surface area contributed by atoms with E-state index in [4.69, 9.17) is 0 Å². The SMILES string of the molecule is O=Cc1cc(CN(Cc2ccccn2)Cc2ccccn2)c(O)c(CN(Cc2ccccn2)Cc2ccccn2)c1O. The summed E-state index contributed by atoms with van der Waals surface area (Å²) in [5.41, 5.74) is 4.29. The molecular weight excluding hydrogens is 528 g/mol. The molecule has 1 aromatic carbocycles. The van der Waals surface area contributed by atoms with E-state index in [1.165, 1.54) is 0 Å². The van der Waals surface area contributed by atoms with Crippen LogP contribution in [0.25, 0.3) is 0 Å². The van der Waals surface area contributed by atoms with Gasteiger partial charge in [-0.05, 0) is 54.6 Å². The maximum absolute atomic E-state index is 12.1. The van der Waals surface area contributed by atoms with Crippen LogP contribution in [0.2, 0.25) is 0 Å². The van der Waals surface area contributed by atoms with Gasteiger partial charge in [-0.15, -0.1) is 0 Å². The minimum Gasteiger partial charge on any atom is -0.507 e. The minimum atomic E-state index is -0.237. The first-order valence-electron chi connectivity index (χ1n) is 13.6. The maximum atomic E-state index is 12.1. The molecule has 0 saturated carbocycles. The average Bonchev–Trinajstić information content (AvgIpc) is 3.02. The third kappa shape index (κ3) is 7.60. The number of rotatable bonds is 13. The number of benzene rings is 1. The zero-order chi connectivity index (χ0) is 29.1. The van der Waals surface area contributed by atoms with Gasteiger partial charge >= 0.3 is 0 Å². The summed E-state index contributed by atoms with van der Waals surface area (Å²) < 4.78 is 0. The summed E-state index contributed by atoms with van der Waals surface area (Å²) in [4.78, 5) is 34.0. The fourth-order valence-corrected chi connectivity index (χ4v) is 4.85. The Labute approximate surface area is 244 Å². The zero-order valence-corrected chi connectivity index (χ0v) is 23.1. The minimum absolute atomic E-state index is 0.0582. The van der Waals surface area contributed by atoms with Gasteiger partial charge in [-0.25, -0.2) is 0 Å². The van der Waals surface area contributed by atoms with Crippen LogP contribution >= 0.6 is 0 Å². The number of nitrogens with zero attached hydrogens (tertiary/aromatic N) is 6. The van der Waals surface area contributed by atoms with Gasteiger partial charge in [-0.2, -0.15) is 0 Å². The number of phenols is 2. The third-order valence-electron chi connectivity index (χ3n) is 6.83. The van der Waals surface area contributed by atoms with Crippen molar-refractivity contribution < 1.29 is 15.0 Å². The molecule has 0 radical (unpaired) electrons. The van der Waals surface area contributed by atoms with Crippen LogP contribution in [-0.4, -0.2) is 46.2 Å². The van der Waals surface area contributed by atoms with Gasteiger partial charge in [0.25, 0.3) is 0 Å². The van der Waals surface area contributed by atoms with Gasteiger partial charge < -0.3 is 10.2 Å². The molecule has 9 nitrogen and oxygen atoms in total. The van der Waals surface area contributed by atoms with Crippen LogP contribution in [0, 0.1) is 0 Å². The van der Waals surface area contributed by atoms with Crippen molar-refractivity contribution >= 4 is 6.29 Å². The van der Waals surface area contributed by atoms with E-state index in [0.29, 0.717) is 44.6 Å². The first-order chi connectivity index (χ1) is 20.6. The Morgan fingerprint density at radius 3 is 1.31 bits per heavy atom. The van der Waals surface area contributed by atoms with Crippen molar-refractivity contribution in [2.75, 3.05) is 0 Å². The van der Waals surface area contributed by atoms with Crippen molar-refractivity contribution in [3.63, 3.8) is 0 Å². The van der Waals surface area contributed by atoms with Crippen LogP contribution in [0.15, 0.2) is 104 Å². The Hall–Kier alpha value is -4.99. The second-order valence-corrected chi connectivity index (χ2v) is 9.99. The number of hydrogen-bond acceptors (Lipinski definition) is 9. The first-order valence-corrected chi connectivity index (χ1v) is 13.6. The smallest absolute Gasteiger partial charge is 0.153 e. The Morgan fingerprint density at radius 1 is 0.548 bits per heavy atom. The number of aldehydes is 1. The summed E-state index contributed by atoms with van der Waals surface area (Å²) in [6.45, 7) is 2.35. The molecule has 9 heteroatoms. The van der Waals surface area contributed by atoms with Crippen LogP contribution < -0.4 is 0 Å². The largest absolute Gasteiger partial charge is 0.507 e.